The molecule has 6 unspecified atom stereocenters. The lowest BCUT2D eigenvalue weighted by molar-refractivity contribution is 0.0672. The molecule has 3 N–H and O–H groups in total. The molecule has 2 bridgehead atoms. The van der Waals surface area contributed by atoms with E-state index in [0.29, 0.717) is 11.8 Å². The van der Waals surface area contributed by atoms with Crippen LogP contribution in [0.15, 0.2) is 24.3 Å². The molecule has 1 saturated carbocycles. The van der Waals surface area contributed by atoms with Gasteiger partial charge in [-0.05, 0) is 35.5 Å². The molecule has 16 heavy (non-hydrogen) atoms. The molecule has 1 heterocycles. The first-order valence-electron chi connectivity index (χ1n) is 6.21. The fourth-order valence-corrected chi connectivity index (χ4v) is 4.37. The molecule has 3 heteroatoms. The lowest BCUT2D eigenvalue weighted by Gasteiger charge is -2.53. The zero-order chi connectivity index (χ0) is 10.9. The number of rotatable bonds is 0. The van der Waals surface area contributed by atoms with Crippen molar-refractivity contribution in [2.24, 2.45) is 41.2 Å². The molecule has 2 fully saturated rings. The van der Waals surface area contributed by atoms with Crippen molar-refractivity contribution in [3.05, 3.63) is 24.3 Å². The Hall–Kier alpha value is -1.25. The molecule has 0 spiro atoms. The maximum absolute atomic E-state index is 7.58. The van der Waals surface area contributed by atoms with Crippen molar-refractivity contribution in [2.75, 3.05) is 13.1 Å². The predicted molar refractivity (Wildman–Crippen MR) is 62.7 cm³/mol. The summed E-state index contributed by atoms with van der Waals surface area (Å²) in [5, 5.41) is 7.58. The van der Waals surface area contributed by atoms with E-state index in [1.807, 2.05) is 0 Å². The van der Waals surface area contributed by atoms with E-state index in [1.54, 1.807) is 0 Å². The molecule has 84 valence electrons. The maximum Gasteiger partial charge on any atom is 0.188 e. The number of hydrogen-bond donors (Lipinski definition) is 2. The highest BCUT2D eigenvalue weighted by Crippen LogP contribution is 2.57. The Morgan fingerprint density at radius 2 is 1.38 bits per heavy atom. The lowest BCUT2D eigenvalue weighted by atomic mass is 9.50. The first-order chi connectivity index (χ1) is 7.75. The lowest BCUT2D eigenvalue weighted by Crippen LogP contribution is -2.49. The van der Waals surface area contributed by atoms with Crippen molar-refractivity contribution in [1.82, 2.24) is 4.90 Å². The van der Waals surface area contributed by atoms with Crippen LogP contribution in [-0.2, 0) is 0 Å². The topological polar surface area (TPSA) is 53.1 Å². The van der Waals surface area contributed by atoms with Gasteiger partial charge in [-0.1, -0.05) is 24.3 Å². The Balaban J connectivity index is 1.69. The van der Waals surface area contributed by atoms with Gasteiger partial charge in [0.15, 0.2) is 5.96 Å². The fourth-order valence-electron chi connectivity index (χ4n) is 4.37. The average Bonchev–Trinajstić information content (AvgIpc) is 2.63. The normalized spacial score (nSPS) is 51.1. The van der Waals surface area contributed by atoms with Gasteiger partial charge in [0.25, 0.3) is 0 Å². The Morgan fingerprint density at radius 1 is 0.938 bits per heavy atom. The second kappa shape index (κ2) is 2.70. The van der Waals surface area contributed by atoms with E-state index in [-0.39, 0.29) is 5.96 Å². The van der Waals surface area contributed by atoms with Crippen LogP contribution >= 0.6 is 0 Å². The fraction of sp³-hybridized carbons (Fsp3) is 0.615. The maximum atomic E-state index is 7.58. The standard InChI is InChI=1S/C13H17N3/c14-13(15)16-5-11-9-3-4-10(12(11)6-16)8-2-1-7(8)9/h1-4,7-12H,5-6H2,(H3,14,15). The van der Waals surface area contributed by atoms with Gasteiger partial charge in [-0.25, -0.2) is 0 Å². The van der Waals surface area contributed by atoms with E-state index in [1.165, 1.54) is 0 Å². The molecule has 3 nitrogen and oxygen atoms in total. The minimum Gasteiger partial charge on any atom is -0.370 e. The van der Waals surface area contributed by atoms with Crippen LogP contribution in [0.4, 0.5) is 0 Å². The third-order valence-corrected chi connectivity index (χ3v) is 5.19. The van der Waals surface area contributed by atoms with Gasteiger partial charge in [-0.3, -0.25) is 5.41 Å². The molecule has 0 amide bonds. The molecular weight excluding hydrogens is 198 g/mol. The van der Waals surface area contributed by atoms with Crippen LogP contribution in [0.1, 0.15) is 0 Å². The molecular formula is C13H17N3. The smallest absolute Gasteiger partial charge is 0.188 e. The molecule has 5 rings (SSSR count). The number of guanidine groups is 1. The van der Waals surface area contributed by atoms with Crippen LogP contribution in [-0.4, -0.2) is 23.9 Å². The predicted octanol–water partition coefficient (Wildman–Crippen LogP) is 1.05. The third kappa shape index (κ3) is 0.879. The summed E-state index contributed by atoms with van der Waals surface area (Å²) in [5.74, 6) is 4.76. The van der Waals surface area contributed by atoms with Crippen molar-refractivity contribution >= 4 is 5.96 Å². The molecule has 0 aromatic carbocycles. The van der Waals surface area contributed by atoms with E-state index < -0.39 is 0 Å². The summed E-state index contributed by atoms with van der Waals surface area (Å²) in [5.41, 5.74) is 5.62. The van der Waals surface area contributed by atoms with Crippen LogP contribution < -0.4 is 5.73 Å². The summed E-state index contributed by atoms with van der Waals surface area (Å²) in [6, 6.07) is 0. The molecule has 0 radical (unpaired) electrons. The monoisotopic (exact) mass is 215 g/mol. The van der Waals surface area contributed by atoms with E-state index in [2.05, 4.69) is 29.2 Å². The summed E-state index contributed by atoms with van der Waals surface area (Å²) in [4.78, 5) is 2.06. The molecule has 1 aliphatic heterocycles. The number of nitrogens with two attached hydrogens (primary N) is 1. The quantitative estimate of drug-likeness (QED) is 0.360. The van der Waals surface area contributed by atoms with E-state index in [9.17, 15) is 0 Å². The molecule has 6 atom stereocenters. The van der Waals surface area contributed by atoms with Gasteiger partial charge >= 0.3 is 0 Å². The molecule has 0 aromatic rings. The summed E-state index contributed by atoms with van der Waals surface area (Å²) in [6.07, 6.45) is 9.64. The number of hydrogen-bond acceptors (Lipinski definition) is 1. The second-order valence-electron chi connectivity index (χ2n) is 5.70. The third-order valence-electron chi connectivity index (χ3n) is 5.19. The summed E-state index contributed by atoms with van der Waals surface area (Å²) >= 11 is 0. The highest BCUT2D eigenvalue weighted by Gasteiger charge is 2.55. The number of nitrogens with one attached hydrogen (secondary N) is 1. The van der Waals surface area contributed by atoms with Gasteiger partial charge in [0.05, 0.1) is 0 Å². The van der Waals surface area contributed by atoms with Crippen LogP contribution in [0.3, 0.4) is 0 Å². The number of allylic oxidation sites excluding steroid dienone is 4. The zero-order valence-corrected chi connectivity index (χ0v) is 9.21. The van der Waals surface area contributed by atoms with Gasteiger partial charge in [0.1, 0.15) is 0 Å². The van der Waals surface area contributed by atoms with Gasteiger partial charge in [-0.15, -0.1) is 0 Å². The highest BCUT2D eigenvalue weighted by molar-refractivity contribution is 5.75. The van der Waals surface area contributed by atoms with Gasteiger partial charge in [0.2, 0.25) is 0 Å². The van der Waals surface area contributed by atoms with Crippen LogP contribution in [0, 0.1) is 40.9 Å². The van der Waals surface area contributed by atoms with Gasteiger partial charge < -0.3 is 10.6 Å². The summed E-state index contributed by atoms with van der Waals surface area (Å²) < 4.78 is 0. The van der Waals surface area contributed by atoms with Crippen molar-refractivity contribution in [3.8, 4) is 0 Å². The van der Waals surface area contributed by atoms with E-state index in [0.717, 1.165) is 36.8 Å². The number of nitrogens with zero attached hydrogens (tertiary/aromatic N) is 1. The molecule has 5 aliphatic rings. The largest absolute Gasteiger partial charge is 0.370 e. The molecule has 0 aromatic heterocycles. The van der Waals surface area contributed by atoms with Crippen molar-refractivity contribution in [2.45, 2.75) is 0 Å². The Kier molecular flexibility index (Phi) is 1.50. The van der Waals surface area contributed by atoms with Gasteiger partial charge in [0, 0.05) is 13.1 Å². The van der Waals surface area contributed by atoms with E-state index in [4.69, 9.17) is 11.1 Å². The van der Waals surface area contributed by atoms with Crippen molar-refractivity contribution < 1.29 is 0 Å². The summed E-state index contributed by atoms with van der Waals surface area (Å²) in [7, 11) is 0. The SMILES string of the molecule is N=C(N)N1CC2C3C=CC(C4C=CC43)C2C1. The van der Waals surface area contributed by atoms with Gasteiger partial charge in [-0.2, -0.15) is 0 Å². The molecule has 4 aliphatic carbocycles. The van der Waals surface area contributed by atoms with Crippen LogP contribution in [0.25, 0.3) is 0 Å². The second-order valence-corrected chi connectivity index (χ2v) is 5.70. The zero-order valence-electron chi connectivity index (χ0n) is 9.21. The Labute approximate surface area is 95.5 Å². The van der Waals surface area contributed by atoms with E-state index >= 15 is 0 Å². The first-order valence-corrected chi connectivity index (χ1v) is 6.21. The van der Waals surface area contributed by atoms with Crippen molar-refractivity contribution in [1.29, 1.82) is 5.41 Å². The van der Waals surface area contributed by atoms with Crippen LogP contribution in [0.2, 0.25) is 0 Å². The molecule has 1 saturated heterocycles. The van der Waals surface area contributed by atoms with Crippen molar-refractivity contribution in [3.63, 3.8) is 0 Å². The minimum absolute atomic E-state index is 0.258. The Morgan fingerprint density at radius 3 is 1.75 bits per heavy atom. The Bertz CT molecular complexity index is 381. The van der Waals surface area contributed by atoms with Crippen LogP contribution in [0.5, 0.6) is 0 Å². The summed E-state index contributed by atoms with van der Waals surface area (Å²) in [6.45, 7) is 2.01. The number of likely N-dealkylation sites (tertiary alicyclic amines) is 1. The average molecular weight is 215 g/mol. The highest BCUT2D eigenvalue weighted by atomic mass is 15.3. The first kappa shape index (κ1) is 8.85. The minimum atomic E-state index is 0.258.